The van der Waals surface area contributed by atoms with Crippen LogP contribution in [0, 0.1) is 6.92 Å². The van der Waals surface area contributed by atoms with Crippen molar-refractivity contribution in [3.8, 4) is 0 Å². The second-order valence-corrected chi connectivity index (χ2v) is 4.72. The van der Waals surface area contributed by atoms with Gasteiger partial charge in [0.1, 0.15) is 5.82 Å². The molecule has 0 saturated carbocycles. The molecule has 0 bridgehead atoms. The smallest absolute Gasteiger partial charge is 0.237 e. The fraction of sp³-hybridized carbons (Fsp3) is 0.643. The Bertz CT molecular complexity index is 404. The Morgan fingerprint density at radius 1 is 1.37 bits per heavy atom. The molecule has 1 unspecified atom stereocenters. The lowest BCUT2D eigenvalue weighted by Gasteiger charge is -2.19. The quantitative estimate of drug-likeness (QED) is 0.784. The Kier molecular flexibility index (Phi) is 6.42. The maximum Gasteiger partial charge on any atom is 0.237 e. The van der Waals surface area contributed by atoms with Gasteiger partial charge in [0.15, 0.2) is 0 Å². The van der Waals surface area contributed by atoms with Gasteiger partial charge in [0.2, 0.25) is 5.91 Å². The molecular formula is C14H24N4O. The minimum Gasteiger partial charge on any atom is -0.352 e. The maximum atomic E-state index is 12.0. The molecule has 1 heterocycles. The third-order valence-electron chi connectivity index (χ3n) is 3.15. The average Bonchev–Trinajstić information content (AvgIpc) is 2.41. The summed E-state index contributed by atoms with van der Waals surface area (Å²) in [5.74, 6) is 0.785. The molecule has 2 N–H and O–H groups in total. The summed E-state index contributed by atoms with van der Waals surface area (Å²) < 4.78 is 0. The van der Waals surface area contributed by atoms with Gasteiger partial charge in [-0.15, -0.1) is 0 Å². The van der Waals surface area contributed by atoms with Crippen LogP contribution in [-0.2, 0) is 11.3 Å². The van der Waals surface area contributed by atoms with Gasteiger partial charge < -0.3 is 10.6 Å². The Labute approximate surface area is 115 Å². The van der Waals surface area contributed by atoms with E-state index in [4.69, 9.17) is 0 Å². The first kappa shape index (κ1) is 15.6. The molecule has 0 radical (unpaired) electrons. The highest BCUT2D eigenvalue weighted by molar-refractivity contribution is 5.81. The van der Waals surface area contributed by atoms with Crippen LogP contribution in [0.2, 0.25) is 0 Å². The van der Waals surface area contributed by atoms with E-state index in [1.54, 1.807) is 6.20 Å². The van der Waals surface area contributed by atoms with E-state index in [1.807, 2.05) is 19.9 Å². The van der Waals surface area contributed by atoms with Crippen LogP contribution in [0.4, 0.5) is 0 Å². The maximum absolute atomic E-state index is 12.0. The summed E-state index contributed by atoms with van der Waals surface area (Å²) in [6, 6.07) is 1.89. The Balaban J connectivity index is 2.42. The van der Waals surface area contributed by atoms with Crippen LogP contribution in [0.25, 0.3) is 0 Å². The molecule has 1 aromatic heterocycles. The summed E-state index contributed by atoms with van der Waals surface area (Å²) in [6.07, 6.45) is 3.65. The second kappa shape index (κ2) is 7.84. The van der Waals surface area contributed by atoms with Gasteiger partial charge in [-0.05, 0) is 32.8 Å². The highest BCUT2D eigenvalue weighted by atomic mass is 16.2. The topological polar surface area (TPSA) is 66.9 Å². The number of aryl methyl sites for hydroxylation is 1. The Morgan fingerprint density at radius 2 is 2.05 bits per heavy atom. The van der Waals surface area contributed by atoms with Gasteiger partial charge in [0, 0.05) is 18.8 Å². The number of amides is 1. The first-order valence-corrected chi connectivity index (χ1v) is 6.89. The summed E-state index contributed by atoms with van der Waals surface area (Å²) in [5.41, 5.74) is 0.898. The molecule has 5 heteroatoms. The van der Waals surface area contributed by atoms with Crippen molar-refractivity contribution >= 4 is 5.91 Å². The van der Waals surface area contributed by atoms with Crippen LogP contribution >= 0.6 is 0 Å². The minimum absolute atomic E-state index is 0.0412. The highest BCUT2D eigenvalue weighted by Gasteiger charge is 2.15. The number of carbonyl (C=O) groups is 1. The zero-order valence-corrected chi connectivity index (χ0v) is 12.2. The van der Waals surface area contributed by atoms with Crippen LogP contribution in [0.5, 0.6) is 0 Å². The van der Waals surface area contributed by atoms with Crippen molar-refractivity contribution in [2.24, 2.45) is 0 Å². The fourth-order valence-electron chi connectivity index (χ4n) is 1.77. The molecule has 1 rings (SSSR count). The SMILES string of the molecule is CCC(CC)NC(=O)C(C)NCc1ccnc(C)n1. The minimum atomic E-state index is -0.226. The largest absolute Gasteiger partial charge is 0.352 e. The summed E-state index contributed by atoms with van der Waals surface area (Å²) in [6.45, 7) is 8.45. The summed E-state index contributed by atoms with van der Waals surface area (Å²) in [7, 11) is 0. The Morgan fingerprint density at radius 3 is 2.63 bits per heavy atom. The number of carbonyl (C=O) groups excluding carboxylic acids is 1. The van der Waals surface area contributed by atoms with Crippen molar-refractivity contribution in [1.82, 2.24) is 20.6 Å². The van der Waals surface area contributed by atoms with Crippen LogP contribution in [0.1, 0.15) is 45.1 Å². The number of hydrogen-bond donors (Lipinski definition) is 2. The van der Waals surface area contributed by atoms with Gasteiger partial charge in [0.05, 0.1) is 11.7 Å². The van der Waals surface area contributed by atoms with Crippen LogP contribution in [0.15, 0.2) is 12.3 Å². The van der Waals surface area contributed by atoms with E-state index < -0.39 is 0 Å². The molecule has 5 nitrogen and oxygen atoms in total. The van der Waals surface area contributed by atoms with E-state index >= 15 is 0 Å². The van der Waals surface area contributed by atoms with Gasteiger partial charge >= 0.3 is 0 Å². The number of hydrogen-bond acceptors (Lipinski definition) is 4. The molecule has 106 valence electrons. The number of rotatable bonds is 7. The normalized spacial score (nSPS) is 12.5. The van der Waals surface area contributed by atoms with Gasteiger partial charge in [-0.1, -0.05) is 13.8 Å². The van der Waals surface area contributed by atoms with Crippen LogP contribution in [-0.4, -0.2) is 28.0 Å². The fourth-order valence-corrected chi connectivity index (χ4v) is 1.77. The molecule has 0 saturated heterocycles. The van der Waals surface area contributed by atoms with Crippen LogP contribution < -0.4 is 10.6 Å². The lowest BCUT2D eigenvalue weighted by atomic mass is 10.1. The van der Waals surface area contributed by atoms with E-state index in [0.717, 1.165) is 24.4 Å². The van der Waals surface area contributed by atoms with Crippen molar-refractivity contribution in [2.75, 3.05) is 0 Å². The lowest BCUT2D eigenvalue weighted by molar-refractivity contribution is -0.123. The first-order valence-electron chi connectivity index (χ1n) is 6.89. The van der Waals surface area contributed by atoms with Gasteiger partial charge in [-0.2, -0.15) is 0 Å². The molecule has 0 aliphatic carbocycles. The number of nitrogens with one attached hydrogen (secondary N) is 2. The predicted octanol–water partition coefficient (Wildman–Crippen LogP) is 1.57. The third-order valence-corrected chi connectivity index (χ3v) is 3.15. The number of aromatic nitrogens is 2. The van der Waals surface area contributed by atoms with Gasteiger partial charge in [-0.3, -0.25) is 4.79 Å². The standard InChI is InChI=1S/C14H24N4O/c1-5-12(6-2)18-14(19)10(3)16-9-13-7-8-15-11(4)17-13/h7-8,10,12,16H,5-6,9H2,1-4H3,(H,18,19). The van der Waals surface area contributed by atoms with E-state index in [-0.39, 0.29) is 18.0 Å². The molecule has 1 amide bonds. The molecule has 19 heavy (non-hydrogen) atoms. The van der Waals surface area contributed by atoms with Gasteiger partial charge in [-0.25, -0.2) is 9.97 Å². The van der Waals surface area contributed by atoms with E-state index in [2.05, 4.69) is 34.4 Å². The van der Waals surface area contributed by atoms with Crippen molar-refractivity contribution in [1.29, 1.82) is 0 Å². The summed E-state index contributed by atoms with van der Waals surface area (Å²) >= 11 is 0. The second-order valence-electron chi connectivity index (χ2n) is 4.72. The molecule has 0 aliphatic rings. The summed E-state index contributed by atoms with van der Waals surface area (Å²) in [5, 5.41) is 6.21. The molecular weight excluding hydrogens is 240 g/mol. The first-order chi connectivity index (χ1) is 9.06. The molecule has 0 aliphatic heterocycles. The van der Waals surface area contributed by atoms with E-state index in [0.29, 0.717) is 6.54 Å². The highest BCUT2D eigenvalue weighted by Crippen LogP contribution is 1.98. The van der Waals surface area contributed by atoms with Crippen molar-refractivity contribution in [2.45, 2.75) is 59.2 Å². The van der Waals surface area contributed by atoms with Crippen LogP contribution in [0.3, 0.4) is 0 Å². The zero-order chi connectivity index (χ0) is 14.3. The van der Waals surface area contributed by atoms with Crippen molar-refractivity contribution < 1.29 is 4.79 Å². The molecule has 0 aromatic carbocycles. The molecule has 0 fully saturated rings. The van der Waals surface area contributed by atoms with E-state index in [9.17, 15) is 4.79 Å². The summed E-state index contributed by atoms with van der Waals surface area (Å²) in [4.78, 5) is 20.3. The third kappa shape index (κ3) is 5.34. The zero-order valence-electron chi connectivity index (χ0n) is 12.2. The average molecular weight is 264 g/mol. The number of nitrogens with zero attached hydrogens (tertiary/aromatic N) is 2. The Hall–Kier alpha value is -1.49. The van der Waals surface area contributed by atoms with Crippen molar-refractivity contribution in [3.05, 3.63) is 23.8 Å². The monoisotopic (exact) mass is 264 g/mol. The predicted molar refractivity (Wildman–Crippen MR) is 75.6 cm³/mol. The van der Waals surface area contributed by atoms with E-state index in [1.165, 1.54) is 0 Å². The molecule has 1 aromatic rings. The molecule has 0 spiro atoms. The lowest BCUT2D eigenvalue weighted by Crippen LogP contribution is -2.45. The van der Waals surface area contributed by atoms with Crippen molar-refractivity contribution in [3.63, 3.8) is 0 Å². The van der Waals surface area contributed by atoms with Gasteiger partial charge in [0.25, 0.3) is 0 Å². The molecule has 1 atom stereocenters.